The number of alkyl halides is 3. The van der Waals surface area contributed by atoms with Gasteiger partial charge in [-0.15, -0.1) is 0 Å². The van der Waals surface area contributed by atoms with Crippen molar-refractivity contribution in [1.29, 1.82) is 0 Å². The van der Waals surface area contributed by atoms with E-state index < -0.39 is 17.7 Å². The van der Waals surface area contributed by atoms with Crippen molar-refractivity contribution >= 4 is 28.1 Å². The van der Waals surface area contributed by atoms with Crippen LogP contribution in [0.4, 0.5) is 18.9 Å². The van der Waals surface area contributed by atoms with E-state index in [4.69, 9.17) is 0 Å². The average Bonchev–Trinajstić information content (AvgIpc) is 2.60. The maximum Gasteiger partial charge on any atom is 0.417 e. The SMILES string of the molecule is O=C(/C=C(\c1ccccc1)C(F)(F)F)Nc1cccc2cccnc12. The number of nitrogens with one attached hydrogen (secondary N) is 1. The summed E-state index contributed by atoms with van der Waals surface area (Å²) in [4.78, 5) is 16.3. The Balaban J connectivity index is 1.95. The largest absolute Gasteiger partial charge is 0.417 e. The third-order valence-electron chi connectivity index (χ3n) is 3.56. The number of rotatable bonds is 3. The zero-order chi connectivity index (χ0) is 17.9. The Hall–Kier alpha value is -3.15. The minimum atomic E-state index is -4.64. The third-order valence-corrected chi connectivity index (χ3v) is 3.56. The molecule has 0 saturated heterocycles. The molecule has 0 fully saturated rings. The van der Waals surface area contributed by atoms with Crippen molar-refractivity contribution in [2.75, 3.05) is 5.32 Å². The van der Waals surface area contributed by atoms with Gasteiger partial charge in [0.1, 0.15) is 0 Å². The highest BCUT2D eigenvalue weighted by Crippen LogP contribution is 2.33. The van der Waals surface area contributed by atoms with Crippen LogP contribution < -0.4 is 5.32 Å². The molecule has 0 aliphatic heterocycles. The summed E-state index contributed by atoms with van der Waals surface area (Å²) in [5, 5.41) is 3.26. The number of anilines is 1. The highest BCUT2D eigenvalue weighted by atomic mass is 19.4. The van der Waals surface area contributed by atoms with E-state index in [-0.39, 0.29) is 5.56 Å². The van der Waals surface area contributed by atoms with Crippen LogP contribution in [0.1, 0.15) is 5.56 Å². The molecule has 2 aromatic carbocycles. The molecule has 0 aliphatic carbocycles. The van der Waals surface area contributed by atoms with Crippen molar-refractivity contribution in [2.24, 2.45) is 0 Å². The van der Waals surface area contributed by atoms with Crippen molar-refractivity contribution in [3.8, 4) is 0 Å². The molecule has 1 N–H and O–H groups in total. The fourth-order valence-corrected chi connectivity index (χ4v) is 2.45. The summed E-state index contributed by atoms with van der Waals surface area (Å²) < 4.78 is 39.9. The molecule has 1 amide bonds. The Morgan fingerprint density at radius 2 is 1.68 bits per heavy atom. The first-order valence-electron chi connectivity index (χ1n) is 7.44. The van der Waals surface area contributed by atoms with Crippen LogP contribution in [0, 0.1) is 0 Å². The van der Waals surface area contributed by atoms with Gasteiger partial charge in [0, 0.05) is 17.7 Å². The van der Waals surface area contributed by atoms with Gasteiger partial charge in [0.2, 0.25) is 5.91 Å². The normalized spacial score (nSPS) is 12.2. The lowest BCUT2D eigenvalue weighted by Gasteiger charge is -2.12. The Kier molecular flexibility index (Phi) is 4.52. The lowest BCUT2D eigenvalue weighted by atomic mass is 10.1. The summed E-state index contributed by atoms with van der Waals surface area (Å²) >= 11 is 0. The molecule has 3 aromatic rings. The maximum absolute atomic E-state index is 13.3. The first-order valence-corrected chi connectivity index (χ1v) is 7.44. The predicted octanol–water partition coefficient (Wildman–Crippen LogP) is 4.82. The van der Waals surface area contributed by atoms with Crippen LogP contribution in [-0.4, -0.2) is 17.1 Å². The van der Waals surface area contributed by atoms with Crippen molar-refractivity contribution in [2.45, 2.75) is 6.18 Å². The zero-order valence-electron chi connectivity index (χ0n) is 12.9. The number of carbonyl (C=O) groups excluding carboxylic acids is 1. The van der Waals surface area contributed by atoms with Gasteiger partial charge in [0.15, 0.2) is 0 Å². The molecule has 0 saturated carbocycles. The van der Waals surface area contributed by atoms with Crippen LogP contribution in [0.25, 0.3) is 16.5 Å². The number of aromatic nitrogens is 1. The quantitative estimate of drug-likeness (QED) is 0.694. The van der Waals surface area contributed by atoms with Crippen LogP contribution in [-0.2, 0) is 4.79 Å². The topological polar surface area (TPSA) is 42.0 Å². The second kappa shape index (κ2) is 6.76. The van der Waals surface area contributed by atoms with Gasteiger partial charge in [-0.1, -0.05) is 48.5 Å². The van der Waals surface area contributed by atoms with Crippen LogP contribution in [0.5, 0.6) is 0 Å². The van der Waals surface area contributed by atoms with Crippen LogP contribution in [0.15, 0.2) is 72.9 Å². The van der Waals surface area contributed by atoms with Crippen molar-refractivity contribution < 1.29 is 18.0 Å². The van der Waals surface area contributed by atoms with Gasteiger partial charge in [-0.3, -0.25) is 9.78 Å². The van der Waals surface area contributed by atoms with E-state index in [1.807, 2.05) is 0 Å². The molecule has 1 aromatic heterocycles. The molecule has 126 valence electrons. The molecule has 0 spiro atoms. The molecule has 0 unspecified atom stereocenters. The molecule has 0 aliphatic rings. The minimum Gasteiger partial charge on any atom is -0.321 e. The number of carbonyl (C=O) groups is 1. The van der Waals surface area contributed by atoms with Gasteiger partial charge in [-0.25, -0.2) is 0 Å². The summed E-state index contributed by atoms with van der Waals surface area (Å²) in [6.07, 6.45) is -2.52. The van der Waals surface area contributed by atoms with E-state index in [0.29, 0.717) is 17.3 Å². The van der Waals surface area contributed by atoms with Crippen LogP contribution in [0.2, 0.25) is 0 Å². The van der Waals surface area contributed by atoms with Gasteiger partial charge >= 0.3 is 6.18 Å². The minimum absolute atomic E-state index is 0.0683. The number of pyridine rings is 1. The van der Waals surface area contributed by atoms with E-state index in [1.165, 1.54) is 24.3 Å². The van der Waals surface area contributed by atoms with Gasteiger partial charge in [0.25, 0.3) is 0 Å². The third kappa shape index (κ3) is 3.85. The zero-order valence-corrected chi connectivity index (χ0v) is 12.9. The summed E-state index contributed by atoms with van der Waals surface area (Å²) in [5.41, 5.74) is -0.200. The van der Waals surface area contributed by atoms with E-state index in [9.17, 15) is 18.0 Å². The Morgan fingerprint density at radius 3 is 2.40 bits per heavy atom. The van der Waals surface area contributed by atoms with Gasteiger partial charge in [-0.2, -0.15) is 13.2 Å². The number of benzene rings is 2. The standard InChI is InChI=1S/C19H13F3N2O/c20-19(21,22)15(13-6-2-1-3-7-13)12-17(25)24-16-10-4-8-14-9-5-11-23-18(14)16/h1-12H,(H,24,25)/b15-12+. The summed E-state index contributed by atoms with van der Waals surface area (Å²) in [6, 6.07) is 15.9. The molecule has 0 radical (unpaired) electrons. The monoisotopic (exact) mass is 342 g/mol. The van der Waals surface area contributed by atoms with Crippen molar-refractivity contribution in [3.05, 3.63) is 78.5 Å². The summed E-state index contributed by atoms with van der Waals surface area (Å²) in [7, 11) is 0. The fourth-order valence-electron chi connectivity index (χ4n) is 2.45. The molecule has 1 heterocycles. The number of allylic oxidation sites excluding steroid dienone is 1. The lowest BCUT2D eigenvalue weighted by molar-refractivity contribution is -0.112. The predicted molar refractivity (Wildman–Crippen MR) is 90.8 cm³/mol. The number of hydrogen-bond donors (Lipinski definition) is 1. The number of nitrogens with zero attached hydrogens (tertiary/aromatic N) is 1. The highest BCUT2D eigenvalue weighted by molar-refractivity contribution is 6.08. The number of fused-ring (bicyclic) bond motifs is 1. The number of hydrogen-bond acceptors (Lipinski definition) is 2. The Labute approximate surface area is 141 Å². The molecule has 25 heavy (non-hydrogen) atoms. The molecule has 0 atom stereocenters. The van der Waals surface area contributed by atoms with Gasteiger partial charge in [0.05, 0.1) is 16.8 Å². The van der Waals surface area contributed by atoms with Gasteiger partial charge < -0.3 is 5.32 Å². The molecular weight excluding hydrogens is 329 g/mol. The highest BCUT2D eigenvalue weighted by Gasteiger charge is 2.35. The van der Waals surface area contributed by atoms with Crippen molar-refractivity contribution in [1.82, 2.24) is 4.98 Å². The van der Waals surface area contributed by atoms with E-state index in [0.717, 1.165) is 5.39 Å². The van der Waals surface area contributed by atoms with Gasteiger partial charge in [-0.05, 0) is 17.7 Å². The van der Waals surface area contributed by atoms with Crippen LogP contribution >= 0.6 is 0 Å². The first-order chi connectivity index (χ1) is 11.9. The molecular formula is C19H13F3N2O. The summed E-state index contributed by atoms with van der Waals surface area (Å²) in [6.45, 7) is 0. The summed E-state index contributed by atoms with van der Waals surface area (Å²) in [5.74, 6) is -0.866. The van der Waals surface area contributed by atoms with E-state index in [2.05, 4.69) is 10.3 Å². The van der Waals surface area contributed by atoms with Crippen molar-refractivity contribution in [3.63, 3.8) is 0 Å². The molecule has 3 nitrogen and oxygen atoms in total. The lowest BCUT2D eigenvalue weighted by Crippen LogP contribution is -2.16. The smallest absolute Gasteiger partial charge is 0.321 e. The Bertz CT molecular complexity index is 929. The molecule has 6 heteroatoms. The van der Waals surface area contributed by atoms with Crippen LogP contribution in [0.3, 0.4) is 0 Å². The second-order valence-electron chi connectivity index (χ2n) is 5.29. The fraction of sp³-hybridized carbons (Fsp3) is 0.0526. The molecule has 0 bridgehead atoms. The molecule has 3 rings (SSSR count). The number of amides is 1. The maximum atomic E-state index is 13.3. The number of halogens is 3. The second-order valence-corrected chi connectivity index (χ2v) is 5.29. The average molecular weight is 342 g/mol. The number of para-hydroxylation sites is 1. The first kappa shape index (κ1) is 16.7. The van der Waals surface area contributed by atoms with E-state index >= 15 is 0 Å². The Morgan fingerprint density at radius 1 is 0.960 bits per heavy atom. The van der Waals surface area contributed by atoms with E-state index in [1.54, 1.807) is 42.6 Å².